The number of aliphatic imine (C=N–C) groups is 1. The van der Waals surface area contributed by atoms with Gasteiger partial charge in [0, 0.05) is 3.57 Å². The molecule has 0 fully saturated rings. The van der Waals surface area contributed by atoms with E-state index in [0.717, 1.165) is 27.6 Å². The quantitative estimate of drug-likeness (QED) is 0.154. The number of halogens is 4. The summed E-state index contributed by atoms with van der Waals surface area (Å²) in [6, 6.07) is 9.33. The van der Waals surface area contributed by atoms with Crippen LogP contribution in [0.4, 0.5) is 0 Å². The Balaban J connectivity index is 1.93. The number of carbonyl (C=O) groups excluding carboxylic acids is 1. The number of cyclic esters (lactones) is 1. The Labute approximate surface area is 208 Å². The van der Waals surface area contributed by atoms with E-state index < -0.39 is 5.97 Å². The summed E-state index contributed by atoms with van der Waals surface area (Å²) in [4.78, 5) is 16.6. The zero-order chi connectivity index (χ0) is 20.4. The molecule has 0 radical (unpaired) electrons. The van der Waals surface area contributed by atoms with Crippen molar-refractivity contribution in [2.45, 2.75) is 6.92 Å². The molecule has 0 bridgehead atoms. The summed E-state index contributed by atoms with van der Waals surface area (Å²) in [5.74, 6) is 0.512. The van der Waals surface area contributed by atoms with E-state index >= 15 is 0 Å². The van der Waals surface area contributed by atoms with Crippen molar-refractivity contribution in [1.29, 1.82) is 0 Å². The minimum Gasteiger partial charge on any atom is -0.487 e. The van der Waals surface area contributed by atoms with Crippen molar-refractivity contribution < 1.29 is 14.3 Å². The Morgan fingerprint density at radius 3 is 2.57 bits per heavy atom. The van der Waals surface area contributed by atoms with Gasteiger partial charge in [-0.3, -0.25) is 0 Å². The Bertz CT molecular complexity index is 1020. The molecule has 0 unspecified atom stereocenters. The molecular formula is C20H13ClI3NO3. The number of hydrogen-bond acceptors (Lipinski definition) is 4. The molecule has 28 heavy (non-hydrogen) atoms. The van der Waals surface area contributed by atoms with Gasteiger partial charge in [0.25, 0.3) is 0 Å². The largest absolute Gasteiger partial charge is 0.487 e. The van der Waals surface area contributed by atoms with Crippen molar-refractivity contribution in [2.24, 2.45) is 4.99 Å². The van der Waals surface area contributed by atoms with Crippen LogP contribution in [0.2, 0.25) is 5.02 Å². The third-order valence-electron chi connectivity index (χ3n) is 3.57. The van der Waals surface area contributed by atoms with Crippen LogP contribution < -0.4 is 4.74 Å². The fraction of sp³-hybridized carbons (Fsp3) is 0.100. The number of carbonyl (C=O) groups is 1. The minimum atomic E-state index is -0.502. The fourth-order valence-electron chi connectivity index (χ4n) is 2.34. The molecular weight excluding hydrogens is 718 g/mol. The monoisotopic (exact) mass is 731 g/mol. The molecule has 1 aliphatic heterocycles. The standard InChI is InChI=1S/C20H13ClI3NO3/c1-10(2)9-27-18-15(23)5-11(6-16(18)24)7-17-20(26)28-19(25-17)13-8-12(22)3-4-14(13)21/h3-8H,1,9H2,2H3/b17-7-. The van der Waals surface area contributed by atoms with Crippen molar-refractivity contribution in [3.05, 3.63) is 75.0 Å². The highest BCUT2D eigenvalue weighted by Gasteiger charge is 2.26. The average Bonchev–Trinajstić information content (AvgIpc) is 2.96. The van der Waals surface area contributed by atoms with Crippen molar-refractivity contribution in [2.75, 3.05) is 6.61 Å². The van der Waals surface area contributed by atoms with Gasteiger partial charge in [0.05, 0.1) is 17.7 Å². The summed E-state index contributed by atoms with van der Waals surface area (Å²) in [5, 5.41) is 0.483. The van der Waals surface area contributed by atoms with Gasteiger partial charge in [0.2, 0.25) is 5.90 Å². The fourth-order valence-corrected chi connectivity index (χ4v) is 5.16. The molecule has 4 nitrogen and oxygen atoms in total. The number of hydrogen-bond donors (Lipinski definition) is 0. The molecule has 8 heteroatoms. The Morgan fingerprint density at radius 2 is 1.93 bits per heavy atom. The van der Waals surface area contributed by atoms with Crippen LogP contribution >= 0.6 is 79.4 Å². The summed E-state index contributed by atoms with van der Waals surface area (Å²) in [7, 11) is 0. The highest BCUT2D eigenvalue weighted by molar-refractivity contribution is 14.1. The van der Waals surface area contributed by atoms with Crippen LogP contribution in [-0.2, 0) is 9.53 Å². The molecule has 0 atom stereocenters. The van der Waals surface area contributed by atoms with E-state index in [2.05, 4.69) is 79.3 Å². The molecule has 0 saturated carbocycles. The molecule has 0 spiro atoms. The Kier molecular flexibility index (Phi) is 7.42. The molecule has 3 rings (SSSR count). The first-order chi connectivity index (χ1) is 13.2. The second kappa shape index (κ2) is 9.43. The molecule has 0 aliphatic carbocycles. The molecule has 0 saturated heterocycles. The SMILES string of the molecule is C=C(C)COc1c(I)cc(/C=C2\N=C(c3cc(I)ccc3Cl)OC2=O)cc1I. The third-order valence-corrected chi connectivity index (χ3v) is 6.17. The maximum Gasteiger partial charge on any atom is 0.363 e. The first-order valence-electron chi connectivity index (χ1n) is 7.99. The van der Waals surface area contributed by atoms with Gasteiger partial charge in [-0.25, -0.2) is 9.79 Å². The zero-order valence-electron chi connectivity index (χ0n) is 14.6. The lowest BCUT2D eigenvalue weighted by Gasteiger charge is -2.11. The van der Waals surface area contributed by atoms with Crippen molar-refractivity contribution >= 4 is 97.3 Å². The number of ether oxygens (including phenoxy) is 2. The van der Waals surface area contributed by atoms with E-state index in [0.29, 0.717) is 17.2 Å². The molecule has 2 aromatic carbocycles. The van der Waals surface area contributed by atoms with E-state index in [4.69, 9.17) is 21.1 Å². The normalized spacial score (nSPS) is 14.8. The molecule has 1 aliphatic rings. The molecule has 2 aromatic rings. The lowest BCUT2D eigenvalue weighted by atomic mass is 10.2. The van der Waals surface area contributed by atoms with Crippen LogP contribution in [0, 0.1) is 10.7 Å². The van der Waals surface area contributed by atoms with Gasteiger partial charge < -0.3 is 9.47 Å². The van der Waals surface area contributed by atoms with Crippen LogP contribution in [0.5, 0.6) is 5.75 Å². The van der Waals surface area contributed by atoms with E-state index in [1.54, 1.807) is 12.1 Å². The van der Waals surface area contributed by atoms with Gasteiger partial charge in [-0.15, -0.1) is 0 Å². The lowest BCUT2D eigenvalue weighted by Crippen LogP contribution is -2.06. The molecule has 144 valence electrons. The highest BCUT2D eigenvalue weighted by atomic mass is 127. The highest BCUT2D eigenvalue weighted by Crippen LogP contribution is 2.31. The van der Waals surface area contributed by atoms with Crippen molar-refractivity contribution in [3.63, 3.8) is 0 Å². The Morgan fingerprint density at radius 1 is 1.25 bits per heavy atom. The first-order valence-corrected chi connectivity index (χ1v) is 11.6. The van der Waals surface area contributed by atoms with Crippen LogP contribution in [0.3, 0.4) is 0 Å². The summed E-state index contributed by atoms with van der Waals surface area (Å²) in [6.45, 7) is 6.23. The summed E-state index contributed by atoms with van der Waals surface area (Å²) in [5.41, 5.74) is 2.61. The van der Waals surface area contributed by atoms with Crippen molar-refractivity contribution in [3.8, 4) is 5.75 Å². The Hall–Kier alpha value is -0.660. The van der Waals surface area contributed by atoms with Gasteiger partial charge in [-0.1, -0.05) is 18.2 Å². The summed E-state index contributed by atoms with van der Waals surface area (Å²) >= 11 is 12.8. The average molecular weight is 731 g/mol. The minimum absolute atomic E-state index is 0.213. The summed E-state index contributed by atoms with van der Waals surface area (Å²) in [6.07, 6.45) is 1.70. The molecule has 0 aromatic heterocycles. The van der Waals surface area contributed by atoms with E-state index in [9.17, 15) is 4.79 Å². The second-order valence-corrected chi connectivity index (χ2v) is 10.00. The predicted octanol–water partition coefficient (Wildman–Crippen LogP) is 6.45. The number of esters is 1. The van der Waals surface area contributed by atoms with Gasteiger partial charge in [-0.2, -0.15) is 0 Å². The molecule has 0 N–H and O–H groups in total. The van der Waals surface area contributed by atoms with E-state index in [-0.39, 0.29) is 11.6 Å². The third kappa shape index (κ3) is 5.28. The molecule has 1 heterocycles. The van der Waals surface area contributed by atoms with E-state index in [1.807, 2.05) is 31.2 Å². The van der Waals surface area contributed by atoms with Crippen LogP contribution in [0.15, 0.2) is 53.2 Å². The predicted molar refractivity (Wildman–Crippen MR) is 137 cm³/mol. The number of nitrogens with zero attached hydrogens (tertiary/aromatic N) is 1. The second-order valence-electron chi connectivity index (χ2n) is 6.02. The first kappa shape index (κ1) is 22.0. The van der Waals surface area contributed by atoms with Gasteiger partial charge in [-0.05, 0) is 122 Å². The van der Waals surface area contributed by atoms with Gasteiger partial charge in [0.15, 0.2) is 5.70 Å². The maximum atomic E-state index is 12.3. The summed E-state index contributed by atoms with van der Waals surface area (Å²) < 4.78 is 14.0. The number of rotatable bonds is 5. The van der Waals surface area contributed by atoms with Gasteiger partial charge >= 0.3 is 5.97 Å². The van der Waals surface area contributed by atoms with Crippen LogP contribution in [-0.4, -0.2) is 18.5 Å². The van der Waals surface area contributed by atoms with E-state index in [1.165, 1.54) is 0 Å². The number of benzene rings is 2. The zero-order valence-corrected chi connectivity index (χ0v) is 21.8. The maximum absolute atomic E-state index is 12.3. The van der Waals surface area contributed by atoms with Gasteiger partial charge in [0.1, 0.15) is 12.4 Å². The van der Waals surface area contributed by atoms with Crippen molar-refractivity contribution in [1.82, 2.24) is 0 Å². The molecule has 0 amide bonds. The topological polar surface area (TPSA) is 47.9 Å². The smallest absolute Gasteiger partial charge is 0.363 e. The lowest BCUT2D eigenvalue weighted by molar-refractivity contribution is -0.129. The van der Waals surface area contributed by atoms with Crippen LogP contribution in [0.1, 0.15) is 18.1 Å². The van der Waals surface area contributed by atoms with Crippen LogP contribution in [0.25, 0.3) is 6.08 Å².